The summed E-state index contributed by atoms with van der Waals surface area (Å²) >= 11 is 0. The van der Waals surface area contributed by atoms with Gasteiger partial charge in [-0.15, -0.1) is 0 Å². The number of ether oxygens (including phenoxy) is 2. The highest BCUT2D eigenvalue weighted by molar-refractivity contribution is 5.79. The molecule has 0 spiro atoms. The van der Waals surface area contributed by atoms with Crippen molar-refractivity contribution >= 4 is 11.8 Å². The maximum Gasteiger partial charge on any atom is 0.260 e. The predicted octanol–water partition coefficient (Wildman–Crippen LogP) is 2.77. The van der Waals surface area contributed by atoms with Crippen LogP contribution in [0.5, 0.6) is 11.5 Å². The molecule has 0 radical (unpaired) electrons. The number of aryl methyl sites for hydroxylation is 1. The first kappa shape index (κ1) is 20.7. The molecule has 0 saturated carbocycles. The average molecular weight is 396 g/mol. The van der Waals surface area contributed by atoms with E-state index < -0.39 is 0 Å². The van der Waals surface area contributed by atoms with E-state index in [-0.39, 0.29) is 18.4 Å². The number of hydrogen-bond acceptors (Lipinski definition) is 4. The van der Waals surface area contributed by atoms with Crippen LogP contribution in [0.25, 0.3) is 0 Å². The van der Waals surface area contributed by atoms with Crippen LogP contribution in [0.15, 0.2) is 54.6 Å². The van der Waals surface area contributed by atoms with Gasteiger partial charge < -0.3 is 19.3 Å². The molecular weight excluding hydrogens is 368 g/mol. The summed E-state index contributed by atoms with van der Waals surface area (Å²) in [7, 11) is 0. The Balaban J connectivity index is 1.38. The van der Waals surface area contributed by atoms with Gasteiger partial charge in [0.1, 0.15) is 11.5 Å². The molecule has 29 heavy (non-hydrogen) atoms. The number of carbonyl (C=O) groups excluding carboxylic acids is 2. The van der Waals surface area contributed by atoms with Gasteiger partial charge in [0.2, 0.25) is 5.91 Å². The second kappa shape index (κ2) is 10.5. The van der Waals surface area contributed by atoms with Gasteiger partial charge in [0.15, 0.2) is 6.61 Å². The Morgan fingerprint density at radius 3 is 1.93 bits per heavy atom. The summed E-state index contributed by atoms with van der Waals surface area (Å²) in [6.45, 7) is 4.77. The van der Waals surface area contributed by atoms with E-state index in [1.807, 2.05) is 54.3 Å². The normalized spacial score (nSPS) is 13.8. The lowest BCUT2D eigenvalue weighted by Crippen LogP contribution is -2.51. The summed E-state index contributed by atoms with van der Waals surface area (Å²) in [4.78, 5) is 28.4. The number of hydrogen-bond donors (Lipinski definition) is 0. The molecule has 6 nitrogen and oxygen atoms in total. The van der Waals surface area contributed by atoms with Crippen molar-refractivity contribution in [1.82, 2.24) is 9.80 Å². The fraction of sp³-hybridized carbons (Fsp3) is 0.391. The van der Waals surface area contributed by atoms with E-state index >= 15 is 0 Å². The molecule has 1 aliphatic heterocycles. The average Bonchev–Trinajstić information content (AvgIpc) is 2.78. The smallest absolute Gasteiger partial charge is 0.260 e. The molecule has 2 amide bonds. The molecule has 0 bridgehead atoms. The van der Waals surface area contributed by atoms with E-state index in [9.17, 15) is 9.59 Å². The Morgan fingerprint density at radius 1 is 0.793 bits per heavy atom. The Bertz CT molecular complexity index is 784. The summed E-state index contributed by atoms with van der Waals surface area (Å²) in [5, 5.41) is 0. The number of nitrogens with zero attached hydrogens (tertiary/aromatic N) is 2. The van der Waals surface area contributed by atoms with Gasteiger partial charge in [-0.2, -0.15) is 0 Å². The van der Waals surface area contributed by atoms with Crippen LogP contribution in [0.1, 0.15) is 18.9 Å². The predicted molar refractivity (Wildman–Crippen MR) is 111 cm³/mol. The van der Waals surface area contributed by atoms with Gasteiger partial charge in [-0.1, -0.05) is 30.3 Å². The van der Waals surface area contributed by atoms with Crippen molar-refractivity contribution in [2.24, 2.45) is 0 Å². The molecule has 0 aromatic heterocycles. The maximum atomic E-state index is 12.4. The van der Waals surface area contributed by atoms with Crippen LogP contribution in [0.2, 0.25) is 0 Å². The minimum atomic E-state index is -0.0599. The fourth-order valence-corrected chi connectivity index (χ4v) is 3.29. The number of piperazine rings is 1. The second-order valence-corrected chi connectivity index (χ2v) is 6.94. The molecule has 154 valence electrons. The first-order valence-corrected chi connectivity index (χ1v) is 10.1. The SMILES string of the molecule is CCOc1ccc(OCC(=O)N2CCN(C(=O)CCc3ccccc3)CC2)cc1. The van der Waals surface area contributed by atoms with E-state index in [2.05, 4.69) is 0 Å². The summed E-state index contributed by atoms with van der Waals surface area (Å²) in [5.41, 5.74) is 1.17. The minimum Gasteiger partial charge on any atom is -0.494 e. The molecule has 0 unspecified atom stereocenters. The lowest BCUT2D eigenvalue weighted by Gasteiger charge is -2.34. The van der Waals surface area contributed by atoms with Crippen molar-refractivity contribution in [3.8, 4) is 11.5 Å². The van der Waals surface area contributed by atoms with Gasteiger partial charge >= 0.3 is 0 Å². The molecule has 2 aromatic carbocycles. The highest BCUT2D eigenvalue weighted by atomic mass is 16.5. The monoisotopic (exact) mass is 396 g/mol. The van der Waals surface area contributed by atoms with E-state index in [4.69, 9.17) is 9.47 Å². The van der Waals surface area contributed by atoms with E-state index in [0.29, 0.717) is 45.0 Å². The van der Waals surface area contributed by atoms with Crippen molar-refractivity contribution < 1.29 is 19.1 Å². The van der Waals surface area contributed by atoms with Gasteiger partial charge in [0.05, 0.1) is 6.61 Å². The summed E-state index contributed by atoms with van der Waals surface area (Å²) in [6, 6.07) is 17.2. The Kier molecular flexibility index (Phi) is 7.50. The zero-order chi connectivity index (χ0) is 20.5. The Hall–Kier alpha value is -3.02. The first-order valence-electron chi connectivity index (χ1n) is 10.1. The van der Waals surface area contributed by atoms with Crippen LogP contribution < -0.4 is 9.47 Å². The molecule has 1 aliphatic rings. The second-order valence-electron chi connectivity index (χ2n) is 6.94. The molecule has 1 saturated heterocycles. The number of carbonyl (C=O) groups is 2. The number of rotatable bonds is 8. The quantitative estimate of drug-likeness (QED) is 0.689. The van der Waals surface area contributed by atoms with Gasteiger partial charge in [-0.3, -0.25) is 9.59 Å². The van der Waals surface area contributed by atoms with Crippen LogP contribution in [-0.4, -0.2) is 61.0 Å². The molecule has 1 heterocycles. The third kappa shape index (κ3) is 6.24. The van der Waals surface area contributed by atoms with Gasteiger partial charge in [0.25, 0.3) is 5.91 Å². The van der Waals surface area contributed by atoms with Crippen molar-refractivity contribution in [1.29, 1.82) is 0 Å². The van der Waals surface area contributed by atoms with Crippen molar-refractivity contribution in [2.45, 2.75) is 19.8 Å². The number of benzene rings is 2. The van der Waals surface area contributed by atoms with Crippen LogP contribution in [0.3, 0.4) is 0 Å². The fourth-order valence-electron chi connectivity index (χ4n) is 3.29. The summed E-state index contributed by atoms with van der Waals surface area (Å²) in [5.74, 6) is 1.50. The van der Waals surface area contributed by atoms with Crippen molar-refractivity contribution in [3.63, 3.8) is 0 Å². The third-order valence-electron chi connectivity index (χ3n) is 4.95. The highest BCUT2D eigenvalue weighted by Crippen LogP contribution is 2.17. The Labute approximate surface area is 172 Å². The minimum absolute atomic E-state index is 0.00403. The highest BCUT2D eigenvalue weighted by Gasteiger charge is 2.24. The van der Waals surface area contributed by atoms with Gasteiger partial charge in [-0.05, 0) is 43.2 Å². The number of amides is 2. The molecule has 0 atom stereocenters. The lowest BCUT2D eigenvalue weighted by atomic mass is 10.1. The first-order chi connectivity index (χ1) is 14.2. The van der Waals surface area contributed by atoms with Crippen molar-refractivity contribution in [3.05, 3.63) is 60.2 Å². The van der Waals surface area contributed by atoms with Crippen LogP contribution >= 0.6 is 0 Å². The van der Waals surface area contributed by atoms with E-state index in [1.54, 1.807) is 17.0 Å². The van der Waals surface area contributed by atoms with Crippen LogP contribution in [0, 0.1) is 0 Å². The molecule has 0 N–H and O–H groups in total. The maximum absolute atomic E-state index is 12.4. The van der Waals surface area contributed by atoms with Crippen LogP contribution in [-0.2, 0) is 16.0 Å². The zero-order valence-corrected chi connectivity index (χ0v) is 16.9. The third-order valence-corrected chi connectivity index (χ3v) is 4.95. The van der Waals surface area contributed by atoms with Crippen molar-refractivity contribution in [2.75, 3.05) is 39.4 Å². The molecular formula is C23H28N2O4. The standard InChI is InChI=1S/C23H28N2O4/c1-2-28-20-9-11-21(12-10-20)29-18-23(27)25-16-14-24(15-17-25)22(26)13-8-19-6-4-3-5-7-19/h3-7,9-12H,2,8,13-18H2,1H3. The zero-order valence-electron chi connectivity index (χ0n) is 16.9. The molecule has 6 heteroatoms. The largest absolute Gasteiger partial charge is 0.494 e. The van der Waals surface area contributed by atoms with Gasteiger partial charge in [0, 0.05) is 32.6 Å². The summed E-state index contributed by atoms with van der Waals surface area (Å²) in [6.07, 6.45) is 1.24. The lowest BCUT2D eigenvalue weighted by molar-refractivity contribution is -0.140. The summed E-state index contributed by atoms with van der Waals surface area (Å²) < 4.78 is 11.0. The topological polar surface area (TPSA) is 59.1 Å². The Morgan fingerprint density at radius 2 is 1.34 bits per heavy atom. The van der Waals surface area contributed by atoms with Crippen LogP contribution in [0.4, 0.5) is 0 Å². The van der Waals surface area contributed by atoms with Gasteiger partial charge in [-0.25, -0.2) is 0 Å². The van der Waals surface area contributed by atoms with E-state index in [0.717, 1.165) is 12.2 Å². The molecule has 1 fully saturated rings. The molecule has 2 aromatic rings. The van der Waals surface area contributed by atoms with E-state index in [1.165, 1.54) is 5.56 Å². The molecule has 0 aliphatic carbocycles. The molecule has 3 rings (SSSR count).